The van der Waals surface area contributed by atoms with Gasteiger partial charge in [-0.25, -0.2) is 0 Å². The summed E-state index contributed by atoms with van der Waals surface area (Å²) in [6.07, 6.45) is 3.06. The second kappa shape index (κ2) is 8.89. The van der Waals surface area contributed by atoms with Crippen LogP contribution in [0.25, 0.3) is 0 Å². The van der Waals surface area contributed by atoms with Crippen molar-refractivity contribution in [3.05, 3.63) is 65.2 Å². The minimum Gasteiger partial charge on any atom is -0.497 e. The average Bonchev–Trinajstić information content (AvgIpc) is 3.49. The lowest BCUT2D eigenvalue weighted by atomic mass is 10.0. The van der Waals surface area contributed by atoms with E-state index in [9.17, 15) is 14.4 Å². The van der Waals surface area contributed by atoms with E-state index < -0.39 is 6.04 Å². The van der Waals surface area contributed by atoms with Gasteiger partial charge < -0.3 is 19.4 Å². The van der Waals surface area contributed by atoms with Gasteiger partial charge in [0.05, 0.1) is 7.11 Å². The third-order valence-corrected chi connectivity index (χ3v) is 7.20. The van der Waals surface area contributed by atoms with Crippen LogP contribution in [0.2, 0.25) is 0 Å². The summed E-state index contributed by atoms with van der Waals surface area (Å²) in [4.78, 5) is 44.8. The summed E-state index contributed by atoms with van der Waals surface area (Å²) < 4.78 is 5.17. The number of piperidine rings is 1. The number of hydrogen-bond acceptors (Lipinski definition) is 4. The molecule has 1 unspecified atom stereocenters. The fourth-order valence-corrected chi connectivity index (χ4v) is 5.35. The Morgan fingerprint density at radius 2 is 1.67 bits per heavy atom. The molecule has 3 heterocycles. The van der Waals surface area contributed by atoms with Crippen LogP contribution in [0, 0.1) is 0 Å². The van der Waals surface area contributed by atoms with Gasteiger partial charge in [-0.15, -0.1) is 0 Å². The highest BCUT2D eigenvalue weighted by molar-refractivity contribution is 5.99. The number of carbonyl (C=O) groups is 3. The van der Waals surface area contributed by atoms with Gasteiger partial charge >= 0.3 is 0 Å². The van der Waals surface area contributed by atoms with E-state index in [4.69, 9.17) is 4.74 Å². The van der Waals surface area contributed by atoms with E-state index >= 15 is 0 Å². The van der Waals surface area contributed by atoms with E-state index in [2.05, 4.69) is 0 Å². The molecule has 2 saturated heterocycles. The normalized spacial score (nSPS) is 20.8. The van der Waals surface area contributed by atoms with E-state index in [-0.39, 0.29) is 23.8 Å². The van der Waals surface area contributed by atoms with Crippen molar-refractivity contribution in [2.75, 3.05) is 26.7 Å². The van der Waals surface area contributed by atoms with Crippen LogP contribution < -0.4 is 4.74 Å². The summed E-state index contributed by atoms with van der Waals surface area (Å²) in [6, 6.07) is 14.6. The first-order valence-corrected chi connectivity index (χ1v) is 11.7. The molecule has 0 saturated carbocycles. The molecular formula is C26H29N3O4. The van der Waals surface area contributed by atoms with Crippen molar-refractivity contribution < 1.29 is 19.1 Å². The van der Waals surface area contributed by atoms with Gasteiger partial charge in [-0.3, -0.25) is 14.4 Å². The quantitative estimate of drug-likeness (QED) is 0.723. The molecule has 172 valence electrons. The molecule has 7 heteroatoms. The van der Waals surface area contributed by atoms with Crippen molar-refractivity contribution in [1.29, 1.82) is 0 Å². The third kappa shape index (κ3) is 3.96. The third-order valence-electron chi connectivity index (χ3n) is 7.20. The largest absolute Gasteiger partial charge is 0.497 e. The number of ether oxygens (including phenoxy) is 1. The highest BCUT2D eigenvalue weighted by Crippen LogP contribution is 2.30. The lowest BCUT2D eigenvalue weighted by molar-refractivity contribution is -0.136. The molecule has 0 spiro atoms. The van der Waals surface area contributed by atoms with Gasteiger partial charge in [0.25, 0.3) is 11.8 Å². The Kier molecular flexibility index (Phi) is 5.79. The molecular weight excluding hydrogens is 418 g/mol. The molecule has 0 radical (unpaired) electrons. The summed E-state index contributed by atoms with van der Waals surface area (Å²) in [5.41, 5.74) is 2.45. The van der Waals surface area contributed by atoms with Crippen LogP contribution in [0.3, 0.4) is 0 Å². The number of nitrogens with zero attached hydrogens (tertiary/aromatic N) is 3. The number of fused-ring (bicyclic) bond motifs is 1. The maximum Gasteiger partial charge on any atom is 0.254 e. The molecule has 0 aliphatic carbocycles. The van der Waals surface area contributed by atoms with Crippen LogP contribution in [0.5, 0.6) is 5.75 Å². The lowest BCUT2D eigenvalue weighted by Crippen LogP contribution is -2.52. The molecule has 7 nitrogen and oxygen atoms in total. The van der Waals surface area contributed by atoms with E-state index in [1.54, 1.807) is 36.3 Å². The van der Waals surface area contributed by atoms with Crippen LogP contribution >= 0.6 is 0 Å². The minimum absolute atomic E-state index is 0.0313. The molecule has 0 bridgehead atoms. The van der Waals surface area contributed by atoms with E-state index in [0.29, 0.717) is 43.9 Å². The Bertz CT molecular complexity index is 1060. The van der Waals surface area contributed by atoms with Crippen LogP contribution in [-0.2, 0) is 11.3 Å². The molecule has 5 rings (SSSR count). The fraction of sp³-hybridized carbons (Fsp3) is 0.423. The van der Waals surface area contributed by atoms with Crippen molar-refractivity contribution in [2.24, 2.45) is 0 Å². The van der Waals surface area contributed by atoms with E-state index in [1.165, 1.54) is 0 Å². The molecule has 33 heavy (non-hydrogen) atoms. The first-order valence-electron chi connectivity index (χ1n) is 11.7. The number of rotatable bonds is 4. The van der Waals surface area contributed by atoms with Gasteiger partial charge in [-0.1, -0.05) is 18.2 Å². The molecule has 2 aromatic rings. The summed E-state index contributed by atoms with van der Waals surface area (Å²) in [5.74, 6) is 0.721. The van der Waals surface area contributed by atoms with Gasteiger partial charge in [0.1, 0.15) is 11.8 Å². The first kappa shape index (κ1) is 21.5. The average molecular weight is 448 g/mol. The van der Waals surface area contributed by atoms with E-state index in [0.717, 1.165) is 30.4 Å². The molecule has 2 aromatic carbocycles. The summed E-state index contributed by atoms with van der Waals surface area (Å²) in [6.45, 7) is 2.48. The van der Waals surface area contributed by atoms with Gasteiger partial charge in [-0.2, -0.15) is 0 Å². The smallest absolute Gasteiger partial charge is 0.254 e. The van der Waals surface area contributed by atoms with Crippen LogP contribution in [0.1, 0.15) is 52.0 Å². The maximum atomic E-state index is 13.3. The summed E-state index contributed by atoms with van der Waals surface area (Å²) in [7, 11) is 1.59. The molecule has 1 atom stereocenters. The molecule has 0 aromatic heterocycles. The summed E-state index contributed by atoms with van der Waals surface area (Å²) in [5, 5.41) is 0. The zero-order valence-electron chi connectivity index (χ0n) is 18.9. The standard InChI is InChI=1S/C26H29N3O4/c1-33-21-10-8-18(9-11-21)24(30)28-14-4-7-23(28)26(32)27-15-12-20(13-16-27)29-17-19-5-2-3-6-22(19)25(29)31/h2-3,5-6,8-11,20,23H,4,7,12-17H2,1H3. The zero-order chi connectivity index (χ0) is 22.9. The zero-order valence-corrected chi connectivity index (χ0v) is 18.9. The SMILES string of the molecule is COc1ccc(C(=O)N2CCCC2C(=O)N2CCC(N3Cc4ccccc4C3=O)CC2)cc1. The van der Waals surface area contributed by atoms with Crippen LogP contribution in [0.4, 0.5) is 0 Å². The predicted molar refractivity (Wildman–Crippen MR) is 123 cm³/mol. The van der Waals surface area contributed by atoms with Gasteiger partial charge in [0.15, 0.2) is 0 Å². The fourth-order valence-electron chi connectivity index (χ4n) is 5.35. The Balaban J connectivity index is 1.21. The van der Waals surface area contributed by atoms with Crippen LogP contribution in [0.15, 0.2) is 48.5 Å². The molecule has 0 N–H and O–H groups in total. The maximum absolute atomic E-state index is 13.3. The van der Waals surface area contributed by atoms with Crippen molar-refractivity contribution in [3.63, 3.8) is 0 Å². The number of amides is 3. The molecule has 3 aliphatic rings. The Labute approximate surface area is 193 Å². The molecule has 2 fully saturated rings. The number of likely N-dealkylation sites (tertiary alicyclic amines) is 2. The van der Waals surface area contributed by atoms with Gasteiger partial charge in [-0.05, 0) is 61.6 Å². The van der Waals surface area contributed by atoms with Crippen LogP contribution in [-0.4, -0.2) is 71.2 Å². The molecule has 3 aliphatic heterocycles. The van der Waals surface area contributed by atoms with Crippen molar-refractivity contribution in [3.8, 4) is 5.75 Å². The van der Waals surface area contributed by atoms with Crippen molar-refractivity contribution in [2.45, 2.75) is 44.3 Å². The second-order valence-electron chi connectivity index (χ2n) is 9.03. The number of carbonyl (C=O) groups excluding carboxylic acids is 3. The number of methoxy groups -OCH3 is 1. The number of hydrogen-bond donors (Lipinski definition) is 0. The summed E-state index contributed by atoms with van der Waals surface area (Å²) >= 11 is 0. The monoisotopic (exact) mass is 447 g/mol. The van der Waals surface area contributed by atoms with E-state index in [1.807, 2.05) is 34.1 Å². The predicted octanol–water partition coefficient (Wildman–Crippen LogP) is 2.95. The Morgan fingerprint density at radius 3 is 2.36 bits per heavy atom. The first-order chi connectivity index (χ1) is 16.1. The van der Waals surface area contributed by atoms with Gasteiger partial charge in [0, 0.05) is 43.3 Å². The topological polar surface area (TPSA) is 70.2 Å². The van der Waals surface area contributed by atoms with Crippen molar-refractivity contribution >= 4 is 17.7 Å². The van der Waals surface area contributed by atoms with Crippen molar-refractivity contribution in [1.82, 2.24) is 14.7 Å². The van der Waals surface area contributed by atoms with Gasteiger partial charge in [0.2, 0.25) is 5.91 Å². The lowest BCUT2D eigenvalue weighted by Gasteiger charge is -2.38. The number of benzene rings is 2. The highest BCUT2D eigenvalue weighted by atomic mass is 16.5. The minimum atomic E-state index is -0.408. The Hall–Kier alpha value is -3.35. The molecule has 3 amide bonds. The Morgan fingerprint density at radius 1 is 0.939 bits per heavy atom. The second-order valence-corrected chi connectivity index (χ2v) is 9.03. The highest BCUT2D eigenvalue weighted by Gasteiger charge is 2.40.